The SMILES string of the molecule is C[C@H](Nc1cccc(N2CCCC2=O)c1)C(=O)Nc1cc(F)ccc1F. The highest BCUT2D eigenvalue weighted by Crippen LogP contribution is 2.24. The zero-order chi connectivity index (χ0) is 18.7. The molecule has 2 aromatic carbocycles. The van der Waals surface area contributed by atoms with Crippen molar-refractivity contribution in [3.8, 4) is 0 Å². The molecule has 2 aromatic rings. The van der Waals surface area contributed by atoms with E-state index in [1.54, 1.807) is 30.0 Å². The highest BCUT2D eigenvalue weighted by atomic mass is 19.1. The van der Waals surface area contributed by atoms with Gasteiger partial charge in [0.15, 0.2) is 0 Å². The molecule has 2 amide bonds. The first-order chi connectivity index (χ1) is 12.4. The molecular formula is C19H19F2N3O2. The van der Waals surface area contributed by atoms with E-state index in [-0.39, 0.29) is 11.6 Å². The van der Waals surface area contributed by atoms with Gasteiger partial charge in [0.1, 0.15) is 17.7 Å². The first kappa shape index (κ1) is 17.8. The van der Waals surface area contributed by atoms with E-state index in [4.69, 9.17) is 0 Å². The summed E-state index contributed by atoms with van der Waals surface area (Å²) in [5.41, 5.74) is 1.21. The van der Waals surface area contributed by atoms with Gasteiger partial charge in [-0.25, -0.2) is 8.78 Å². The van der Waals surface area contributed by atoms with Crippen LogP contribution in [0.15, 0.2) is 42.5 Å². The van der Waals surface area contributed by atoms with Crippen LogP contribution in [-0.4, -0.2) is 24.4 Å². The van der Waals surface area contributed by atoms with Gasteiger partial charge in [0.25, 0.3) is 0 Å². The topological polar surface area (TPSA) is 61.4 Å². The van der Waals surface area contributed by atoms with Gasteiger partial charge in [-0.3, -0.25) is 9.59 Å². The molecule has 1 aliphatic heterocycles. The van der Waals surface area contributed by atoms with Gasteiger partial charge in [-0.1, -0.05) is 6.07 Å². The lowest BCUT2D eigenvalue weighted by atomic mass is 10.2. The van der Waals surface area contributed by atoms with E-state index in [1.807, 2.05) is 6.07 Å². The summed E-state index contributed by atoms with van der Waals surface area (Å²) >= 11 is 0. The van der Waals surface area contributed by atoms with Crippen LogP contribution in [0.2, 0.25) is 0 Å². The van der Waals surface area contributed by atoms with Crippen molar-refractivity contribution < 1.29 is 18.4 Å². The van der Waals surface area contributed by atoms with Crippen LogP contribution in [-0.2, 0) is 9.59 Å². The number of hydrogen-bond donors (Lipinski definition) is 2. The zero-order valence-corrected chi connectivity index (χ0v) is 14.3. The van der Waals surface area contributed by atoms with Gasteiger partial charge in [-0.2, -0.15) is 0 Å². The van der Waals surface area contributed by atoms with E-state index >= 15 is 0 Å². The molecular weight excluding hydrogens is 340 g/mol. The fourth-order valence-corrected chi connectivity index (χ4v) is 2.83. The minimum absolute atomic E-state index is 0.0783. The Hall–Kier alpha value is -2.96. The molecule has 2 N–H and O–H groups in total. The van der Waals surface area contributed by atoms with E-state index in [2.05, 4.69) is 10.6 Å². The molecule has 1 fully saturated rings. The quantitative estimate of drug-likeness (QED) is 0.859. The van der Waals surface area contributed by atoms with Crippen molar-refractivity contribution in [1.29, 1.82) is 0 Å². The molecule has 0 spiro atoms. The Morgan fingerprint density at radius 1 is 1.19 bits per heavy atom. The van der Waals surface area contributed by atoms with Crippen LogP contribution >= 0.6 is 0 Å². The normalized spacial score (nSPS) is 15.0. The summed E-state index contributed by atoms with van der Waals surface area (Å²) in [4.78, 5) is 25.8. The Morgan fingerprint density at radius 2 is 2.00 bits per heavy atom. The molecule has 0 aliphatic carbocycles. The van der Waals surface area contributed by atoms with Crippen LogP contribution < -0.4 is 15.5 Å². The molecule has 1 saturated heterocycles. The minimum atomic E-state index is -0.707. The number of hydrogen-bond acceptors (Lipinski definition) is 3. The van der Waals surface area contributed by atoms with Crippen molar-refractivity contribution in [2.24, 2.45) is 0 Å². The maximum absolute atomic E-state index is 13.6. The van der Waals surface area contributed by atoms with Crippen molar-refractivity contribution in [2.45, 2.75) is 25.8 Å². The number of anilines is 3. The smallest absolute Gasteiger partial charge is 0.246 e. The number of nitrogens with one attached hydrogen (secondary N) is 2. The fraction of sp³-hybridized carbons (Fsp3) is 0.263. The lowest BCUT2D eigenvalue weighted by Gasteiger charge is -2.19. The second-order valence-electron chi connectivity index (χ2n) is 6.18. The lowest BCUT2D eigenvalue weighted by Crippen LogP contribution is -2.32. The molecule has 26 heavy (non-hydrogen) atoms. The summed E-state index contributed by atoms with van der Waals surface area (Å²) in [7, 11) is 0. The van der Waals surface area contributed by atoms with Crippen molar-refractivity contribution >= 4 is 28.9 Å². The van der Waals surface area contributed by atoms with E-state index in [0.29, 0.717) is 18.7 Å². The van der Waals surface area contributed by atoms with Crippen LogP contribution in [0.3, 0.4) is 0 Å². The second kappa shape index (κ2) is 7.51. The van der Waals surface area contributed by atoms with E-state index in [9.17, 15) is 18.4 Å². The number of benzene rings is 2. The predicted octanol–water partition coefficient (Wildman–Crippen LogP) is 3.53. The summed E-state index contributed by atoms with van der Waals surface area (Å²) < 4.78 is 26.8. The summed E-state index contributed by atoms with van der Waals surface area (Å²) in [6.07, 6.45) is 1.37. The Morgan fingerprint density at radius 3 is 2.73 bits per heavy atom. The van der Waals surface area contributed by atoms with Gasteiger partial charge in [-0.05, 0) is 43.7 Å². The first-order valence-electron chi connectivity index (χ1n) is 8.37. The predicted molar refractivity (Wildman–Crippen MR) is 96.1 cm³/mol. The number of rotatable bonds is 5. The molecule has 136 valence electrons. The third-order valence-corrected chi connectivity index (χ3v) is 4.19. The van der Waals surface area contributed by atoms with Crippen LogP contribution in [0.5, 0.6) is 0 Å². The highest BCUT2D eigenvalue weighted by Gasteiger charge is 2.22. The van der Waals surface area contributed by atoms with E-state index in [1.165, 1.54) is 0 Å². The highest BCUT2D eigenvalue weighted by molar-refractivity contribution is 5.97. The maximum Gasteiger partial charge on any atom is 0.246 e. The molecule has 0 aromatic heterocycles. The van der Waals surface area contributed by atoms with E-state index < -0.39 is 23.6 Å². The van der Waals surface area contributed by atoms with Gasteiger partial charge in [0, 0.05) is 30.4 Å². The van der Waals surface area contributed by atoms with E-state index in [0.717, 1.165) is 30.3 Å². The standard InChI is InChI=1S/C19H19F2N3O2/c1-12(19(26)23-17-10-13(20)7-8-16(17)21)22-14-4-2-5-15(11-14)24-9-3-6-18(24)25/h2,4-5,7-8,10-12,22H,3,6,9H2,1H3,(H,23,26)/t12-/m0/s1. The molecule has 7 heteroatoms. The summed E-state index contributed by atoms with van der Waals surface area (Å²) in [6.45, 7) is 2.29. The van der Waals surface area contributed by atoms with Gasteiger partial charge in [0.05, 0.1) is 5.69 Å². The molecule has 0 saturated carbocycles. The first-order valence-corrected chi connectivity index (χ1v) is 8.37. The van der Waals surface area contributed by atoms with Crippen molar-refractivity contribution in [3.63, 3.8) is 0 Å². The van der Waals surface area contributed by atoms with Crippen LogP contribution in [0.4, 0.5) is 25.8 Å². The monoisotopic (exact) mass is 359 g/mol. The molecule has 0 radical (unpaired) electrons. The molecule has 3 rings (SSSR count). The Labute approximate surface area is 150 Å². The van der Waals surface area contributed by atoms with Crippen molar-refractivity contribution in [2.75, 3.05) is 22.1 Å². The largest absolute Gasteiger partial charge is 0.374 e. The summed E-state index contributed by atoms with van der Waals surface area (Å²) in [5.74, 6) is -1.77. The van der Waals surface area contributed by atoms with Crippen LogP contribution in [0.25, 0.3) is 0 Å². The molecule has 0 bridgehead atoms. The third-order valence-electron chi connectivity index (χ3n) is 4.19. The average Bonchev–Trinajstić information content (AvgIpc) is 3.04. The summed E-state index contributed by atoms with van der Waals surface area (Å²) in [5, 5.41) is 5.38. The Kier molecular flexibility index (Phi) is 5.16. The van der Waals surface area contributed by atoms with Gasteiger partial charge in [0.2, 0.25) is 11.8 Å². The molecule has 1 atom stereocenters. The molecule has 5 nitrogen and oxygen atoms in total. The number of carbonyl (C=O) groups is 2. The van der Waals surface area contributed by atoms with Gasteiger partial charge >= 0.3 is 0 Å². The average molecular weight is 359 g/mol. The lowest BCUT2D eigenvalue weighted by molar-refractivity contribution is -0.117. The van der Waals surface area contributed by atoms with Gasteiger partial charge in [-0.15, -0.1) is 0 Å². The maximum atomic E-state index is 13.6. The van der Waals surface area contributed by atoms with Crippen LogP contribution in [0.1, 0.15) is 19.8 Å². The number of carbonyl (C=O) groups excluding carboxylic acids is 2. The van der Waals surface area contributed by atoms with Crippen LogP contribution in [0, 0.1) is 11.6 Å². The Balaban J connectivity index is 1.67. The molecule has 1 aliphatic rings. The van der Waals surface area contributed by atoms with Gasteiger partial charge < -0.3 is 15.5 Å². The molecule has 0 unspecified atom stereocenters. The van der Waals surface area contributed by atoms with Crippen molar-refractivity contribution in [3.05, 3.63) is 54.1 Å². The number of nitrogens with zero attached hydrogens (tertiary/aromatic N) is 1. The second-order valence-corrected chi connectivity index (χ2v) is 6.18. The summed E-state index contributed by atoms with van der Waals surface area (Å²) in [6, 6.07) is 9.37. The Bertz CT molecular complexity index is 841. The van der Waals surface area contributed by atoms with Crippen molar-refractivity contribution in [1.82, 2.24) is 0 Å². The number of amides is 2. The minimum Gasteiger partial charge on any atom is -0.374 e. The fourth-order valence-electron chi connectivity index (χ4n) is 2.83. The zero-order valence-electron chi connectivity index (χ0n) is 14.3. The third kappa shape index (κ3) is 3.99. The molecule has 1 heterocycles. The number of halogens is 2.